The second-order valence-corrected chi connectivity index (χ2v) is 7.57. The summed E-state index contributed by atoms with van der Waals surface area (Å²) in [6.07, 6.45) is 4.23. The van der Waals surface area contributed by atoms with Crippen LogP contribution in [0.1, 0.15) is 58.6 Å². The molecule has 3 unspecified atom stereocenters. The SMILES string of the molecule is C[C@H](N)c1ccc(OC2CC3CCC2(C)C3(C)C)cc1. The van der Waals surface area contributed by atoms with Crippen LogP contribution < -0.4 is 10.5 Å². The van der Waals surface area contributed by atoms with E-state index in [0.29, 0.717) is 16.9 Å². The molecule has 4 atom stereocenters. The lowest BCUT2D eigenvalue weighted by atomic mass is 9.70. The van der Waals surface area contributed by atoms with E-state index in [1.54, 1.807) is 0 Å². The van der Waals surface area contributed by atoms with Crippen LogP contribution in [0.15, 0.2) is 24.3 Å². The van der Waals surface area contributed by atoms with E-state index in [4.69, 9.17) is 10.5 Å². The first-order valence-corrected chi connectivity index (χ1v) is 7.87. The Labute approximate surface area is 122 Å². The Hall–Kier alpha value is -1.02. The third-order valence-corrected chi connectivity index (χ3v) is 6.40. The summed E-state index contributed by atoms with van der Waals surface area (Å²) in [5, 5.41) is 0. The number of fused-ring (bicyclic) bond motifs is 2. The van der Waals surface area contributed by atoms with Crippen LogP contribution in [0.5, 0.6) is 5.75 Å². The highest BCUT2D eigenvalue weighted by Gasteiger charge is 2.62. The van der Waals surface area contributed by atoms with Crippen LogP contribution in [0.2, 0.25) is 0 Å². The molecule has 0 amide bonds. The van der Waals surface area contributed by atoms with Crippen molar-refractivity contribution in [3.05, 3.63) is 29.8 Å². The van der Waals surface area contributed by atoms with Crippen molar-refractivity contribution in [2.75, 3.05) is 0 Å². The predicted molar refractivity (Wildman–Crippen MR) is 82.7 cm³/mol. The van der Waals surface area contributed by atoms with E-state index in [0.717, 1.165) is 17.2 Å². The zero-order chi connectivity index (χ0) is 14.5. The van der Waals surface area contributed by atoms with Gasteiger partial charge in [0.25, 0.3) is 0 Å². The Bertz CT molecular complexity index is 491. The molecule has 1 aromatic carbocycles. The quantitative estimate of drug-likeness (QED) is 0.891. The lowest BCUT2D eigenvalue weighted by molar-refractivity contribution is 0.0301. The van der Waals surface area contributed by atoms with E-state index in [1.165, 1.54) is 19.3 Å². The maximum absolute atomic E-state index is 6.34. The molecule has 2 nitrogen and oxygen atoms in total. The maximum atomic E-state index is 6.34. The van der Waals surface area contributed by atoms with E-state index in [2.05, 4.69) is 45.0 Å². The number of hydrogen-bond donors (Lipinski definition) is 1. The van der Waals surface area contributed by atoms with Crippen molar-refractivity contribution in [1.29, 1.82) is 0 Å². The Kier molecular flexibility index (Phi) is 3.13. The number of ether oxygens (including phenoxy) is 1. The first-order valence-electron chi connectivity index (χ1n) is 7.87. The Morgan fingerprint density at radius 2 is 1.85 bits per heavy atom. The largest absolute Gasteiger partial charge is 0.490 e. The zero-order valence-electron chi connectivity index (χ0n) is 13.1. The molecule has 0 heterocycles. The average Bonchev–Trinajstić information content (AvgIpc) is 2.72. The Morgan fingerprint density at radius 3 is 2.30 bits per heavy atom. The van der Waals surface area contributed by atoms with Crippen molar-refractivity contribution in [3.63, 3.8) is 0 Å². The lowest BCUT2D eigenvalue weighted by Crippen LogP contribution is -2.38. The van der Waals surface area contributed by atoms with Gasteiger partial charge in [-0.2, -0.15) is 0 Å². The Balaban J connectivity index is 1.76. The van der Waals surface area contributed by atoms with Gasteiger partial charge in [-0.1, -0.05) is 32.9 Å². The third kappa shape index (κ3) is 1.88. The van der Waals surface area contributed by atoms with E-state index in [-0.39, 0.29) is 6.04 Å². The molecule has 0 radical (unpaired) electrons. The zero-order valence-corrected chi connectivity index (χ0v) is 13.1. The molecule has 0 spiro atoms. The van der Waals surface area contributed by atoms with Gasteiger partial charge in [-0.05, 0) is 55.2 Å². The molecule has 2 saturated carbocycles. The van der Waals surface area contributed by atoms with Crippen LogP contribution >= 0.6 is 0 Å². The monoisotopic (exact) mass is 273 g/mol. The summed E-state index contributed by atoms with van der Waals surface area (Å²) in [7, 11) is 0. The molecule has 110 valence electrons. The fourth-order valence-corrected chi connectivity index (χ4v) is 4.32. The molecular weight excluding hydrogens is 246 g/mol. The van der Waals surface area contributed by atoms with Crippen molar-refractivity contribution < 1.29 is 4.74 Å². The fourth-order valence-electron chi connectivity index (χ4n) is 4.32. The van der Waals surface area contributed by atoms with Gasteiger partial charge in [-0.15, -0.1) is 0 Å². The lowest BCUT2D eigenvalue weighted by Gasteiger charge is -2.38. The summed E-state index contributed by atoms with van der Waals surface area (Å²) in [4.78, 5) is 0. The predicted octanol–water partition coefficient (Wildman–Crippen LogP) is 4.30. The fraction of sp³-hybridized carbons (Fsp3) is 0.667. The molecule has 2 heteroatoms. The summed E-state index contributed by atoms with van der Waals surface area (Å²) >= 11 is 0. The van der Waals surface area contributed by atoms with Gasteiger partial charge < -0.3 is 10.5 Å². The van der Waals surface area contributed by atoms with Gasteiger partial charge in [0.1, 0.15) is 11.9 Å². The van der Waals surface area contributed by atoms with Crippen LogP contribution in [0.3, 0.4) is 0 Å². The molecule has 20 heavy (non-hydrogen) atoms. The van der Waals surface area contributed by atoms with E-state index >= 15 is 0 Å². The van der Waals surface area contributed by atoms with Crippen LogP contribution in [-0.4, -0.2) is 6.10 Å². The van der Waals surface area contributed by atoms with E-state index < -0.39 is 0 Å². The van der Waals surface area contributed by atoms with Crippen molar-refractivity contribution in [2.24, 2.45) is 22.5 Å². The smallest absolute Gasteiger partial charge is 0.119 e. The van der Waals surface area contributed by atoms with E-state index in [1.807, 2.05) is 6.92 Å². The molecule has 3 rings (SSSR count). The standard InChI is InChI=1S/C18H27NO/c1-12(19)13-5-7-15(8-6-13)20-16-11-14-9-10-18(16,4)17(14,2)3/h5-8,12,14,16H,9-11,19H2,1-4H3/t12-,14?,16?,18?/m0/s1. The molecule has 0 aromatic heterocycles. The molecule has 0 aliphatic heterocycles. The molecule has 2 bridgehead atoms. The van der Waals surface area contributed by atoms with Crippen molar-refractivity contribution in [2.45, 2.75) is 59.1 Å². The highest BCUT2D eigenvalue weighted by Crippen LogP contribution is 2.66. The number of rotatable bonds is 3. The van der Waals surface area contributed by atoms with Gasteiger partial charge in [0.2, 0.25) is 0 Å². The summed E-state index contributed by atoms with van der Waals surface area (Å²) < 4.78 is 6.34. The molecule has 2 N–H and O–H groups in total. The summed E-state index contributed by atoms with van der Waals surface area (Å²) in [5.41, 5.74) is 7.78. The van der Waals surface area contributed by atoms with Crippen LogP contribution in [0.4, 0.5) is 0 Å². The molecular formula is C18H27NO. The van der Waals surface area contributed by atoms with Crippen LogP contribution in [0.25, 0.3) is 0 Å². The normalized spacial score (nSPS) is 36.0. The molecule has 2 aliphatic rings. The van der Waals surface area contributed by atoms with Gasteiger partial charge in [-0.3, -0.25) is 0 Å². The van der Waals surface area contributed by atoms with Gasteiger partial charge >= 0.3 is 0 Å². The summed E-state index contributed by atoms with van der Waals surface area (Å²) in [6, 6.07) is 8.40. The third-order valence-electron chi connectivity index (χ3n) is 6.40. The summed E-state index contributed by atoms with van der Waals surface area (Å²) in [5.74, 6) is 1.81. The minimum absolute atomic E-state index is 0.0861. The number of nitrogens with two attached hydrogens (primary N) is 1. The Morgan fingerprint density at radius 1 is 1.20 bits per heavy atom. The maximum Gasteiger partial charge on any atom is 0.119 e. The molecule has 0 saturated heterocycles. The number of benzene rings is 1. The average molecular weight is 273 g/mol. The minimum atomic E-state index is 0.0861. The number of hydrogen-bond acceptors (Lipinski definition) is 2. The van der Waals surface area contributed by atoms with Gasteiger partial charge in [-0.25, -0.2) is 0 Å². The van der Waals surface area contributed by atoms with Gasteiger partial charge in [0.15, 0.2) is 0 Å². The molecule has 2 fully saturated rings. The van der Waals surface area contributed by atoms with Crippen molar-refractivity contribution in [3.8, 4) is 5.75 Å². The first-order chi connectivity index (χ1) is 9.34. The van der Waals surface area contributed by atoms with Gasteiger partial charge in [0, 0.05) is 11.5 Å². The van der Waals surface area contributed by atoms with Crippen LogP contribution in [0, 0.1) is 16.7 Å². The molecule has 2 aliphatic carbocycles. The highest BCUT2D eigenvalue weighted by atomic mass is 16.5. The summed E-state index contributed by atoms with van der Waals surface area (Å²) in [6.45, 7) is 9.27. The highest BCUT2D eigenvalue weighted by molar-refractivity contribution is 5.29. The van der Waals surface area contributed by atoms with E-state index in [9.17, 15) is 0 Å². The molecule has 1 aromatic rings. The topological polar surface area (TPSA) is 35.2 Å². The van der Waals surface area contributed by atoms with Gasteiger partial charge in [0.05, 0.1) is 0 Å². The second kappa shape index (κ2) is 4.49. The first kappa shape index (κ1) is 13.9. The minimum Gasteiger partial charge on any atom is -0.490 e. The van der Waals surface area contributed by atoms with Crippen molar-refractivity contribution >= 4 is 0 Å². The van der Waals surface area contributed by atoms with Crippen molar-refractivity contribution in [1.82, 2.24) is 0 Å². The van der Waals surface area contributed by atoms with Crippen LogP contribution in [-0.2, 0) is 0 Å². The second-order valence-electron chi connectivity index (χ2n) is 7.57.